The van der Waals surface area contributed by atoms with Crippen LogP contribution in [0.5, 0.6) is 5.75 Å². The van der Waals surface area contributed by atoms with Gasteiger partial charge in [-0.05, 0) is 43.7 Å². The number of piperidine rings is 1. The van der Waals surface area contributed by atoms with Crippen LogP contribution in [0.1, 0.15) is 37.5 Å². The number of carbonyl (C=O) groups is 1. The Morgan fingerprint density at radius 1 is 1.21 bits per heavy atom. The summed E-state index contributed by atoms with van der Waals surface area (Å²) >= 11 is 0. The maximum atomic E-state index is 14.5. The smallest absolute Gasteiger partial charge is 0.261 e. The van der Waals surface area contributed by atoms with Crippen molar-refractivity contribution in [1.82, 2.24) is 30.0 Å². The molecule has 2 aliphatic heterocycles. The molecule has 4 heterocycles. The molecular weight excluding hydrogens is 487 g/mol. The zero-order valence-electron chi connectivity index (χ0n) is 21.3. The molecule has 3 aliphatic rings. The number of amides is 1. The summed E-state index contributed by atoms with van der Waals surface area (Å²) < 4.78 is 22.7. The number of nitrogens with zero attached hydrogens (tertiary/aromatic N) is 5. The summed E-state index contributed by atoms with van der Waals surface area (Å²) in [4.78, 5) is 23.7. The number of anilines is 1. The standard InChI is InChI=1S/C27H33FN8O2/c28-27(15-30-16-27)17-35-8-4-20(5-9-35)36-13-19-10-23(24(11-22(19)34-36)38-14-18-2-3-18)33-26(37)21(12-29)25-31-6-1-7-32-25/h1,6-7,10-13,18,20,30H,2-5,8-9,14-17,29H2,(H,33,37). The molecule has 2 saturated heterocycles. The molecule has 0 spiro atoms. The van der Waals surface area contributed by atoms with Crippen molar-refractivity contribution >= 4 is 28.1 Å². The number of rotatable bonds is 9. The Morgan fingerprint density at radius 3 is 2.63 bits per heavy atom. The van der Waals surface area contributed by atoms with Gasteiger partial charge in [-0.25, -0.2) is 14.4 Å². The lowest BCUT2D eigenvalue weighted by molar-refractivity contribution is -0.111. The van der Waals surface area contributed by atoms with Crippen molar-refractivity contribution in [3.63, 3.8) is 0 Å². The maximum Gasteiger partial charge on any atom is 0.261 e. The van der Waals surface area contributed by atoms with E-state index in [9.17, 15) is 9.18 Å². The second-order valence-corrected chi connectivity index (χ2v) is 10.6. The fourth-order valence-corrected chi connectivity index (χ4v) is 5.10. The van der Waals surface area contributed by atoms with Gasteiger partial charge in [0.2, 0.25) is 0 Å². The number of aromatic nitrogens is 4. The highest BCUT2D eigenvalue weighted by Gasteiger charge is 2.39. The Balaban J connectivity index is 1.20. The summed E-state index contributed by atoms with van der Waals surface area (Å²) in [6.07, 6.45) is 10.5. The first-order valence-corrected chi connectivity index (χ1v) is 13.3. The lowest BCUT2D eigenvalue weighted by Crippen LogP contribution is -2.62. The molecule has 10 nitrogen and oxygen atoms in total. The van der Waals surface area contributed by atoms with Gasteiger partial charge >= 0.3 is 0 Å². The van der Waals surface area contributed by atoms with Gasteiger partial charge < -0.3 is 21.1 Å². The van der Waals surface area contributed by atoms with E-state index in [-0.39, 0.29) is 17.4 Å². The number of hydrogen-bond donors (Lipinski definition) is 3. The van der Waals surface area contributed by atoms with E-state index in [2.05, 4.69) is 25.5 Å². The third kappa shape index (κ3) is 5.34. The lowest BCUT2D eigenvalue weighted by Gasteiger charge is -2.41. The molecule has 6 rings (SSSR count). The van der Waals surface area contributed by atoms with E-state index in [0.29, 0.717) is 43.6 Å². The first-order valence-electron chi connectivity index (χ1n) is 13.3. The van der Waals surface area contributed by atoms with Crippen LogP contribution in [0.2, 0.25) is 0 Å². The molecule has 1 aromatic carbocycles. The molecule has 3 aromatic rings. The molecule has 1 aliphatic carbocycles. The van der Waals surface area contributed by atoms with Gasteiger partial charge in [-0.1, -0.05) is 0 Å². The van der Waals surface area contributed by atoms with Crippen LogP contribution >= 0.6 is 0 Å². The Bertz CT molecular complexity index is 1330. The van der Waals surface area contributed by atoms with Gasteiger partial charge in [0.05, 0.1) is 29.4 Å². The minimum atomic E-state index is -1.09. The van der Waals surface area contributed by atoms with E-state index in [0.717, 1.165) is 49.7 Å². The number of alkyl halides is 1. The normalized spacial score (nSPS) is 20.3. The van der Waals surface area contributed by atoms with Gasteiger partial charge in [-0.2, -0.15) is 5.10 Å². The molecule has 1 saturated carbocycles. The van der Waals surface area contributed by atoms with Gasteiger partial charge in [-0.3, -0.25) is 14.4 Å². The highest BCUT2D eigenvalue weighted by atomic mass is 19.1. The minimum absolute atomic E-state index is 0.175. The Hall–Kier alpha value is -3.57. The summed E-state index contributed by atoms with van der Waals surface area (Å²) in [6, 6.07) is 5.70. The number of likely N-dealkylation sites (tertiary alicyclic amines) is 1. The topological polar surface area (TPSA) is 123 Å². The van der Waals surface area contributed by atoms with E-state index in [4.69, 9.17) is 15.6 Å². The van der Waals surface area contributed by atoms with Crippen LogP contribution in [0.15, 0.2) is 43.0 Å². The van der Waals surface area contributed by atoms with Crippen LogP contribution in [-0.2, 0) is 4.79 Å². The number of nitrogens with one attached hydrogen (secondary N) is 2. The fraction of sp³-hybridized carbons (Fsp3) is 0.481. The fourth-order valence-electron chi connectivity index (χ4n) is 5.10. The molecule has 4 N–H and O–H groups in total. The number of carbonyl (C=O) groups excluding carboxylic acids is 1. The summed E-state index contributed by atoms with van der Waals surface area (Å²) in [5.74, 6) is 0.959. The third-order valence-corrected chi connectivity index (χ3v) is 7.58. The molecule has 3 fully saturated rings. The van der Waals surface area contributed by atoms with Crippen molar-refractivity contribution in [2.75, 3.05) is 44.6 Å². The predicted molar refractivity (Wildman–Crippen MR) is 142 cm³/mol. The zero-order valence-corrected chi connectivity index (χ0v) is 21.3. The number of nitrogens with two attached hydrogens (primary N) is 1. The average Bonchev–Trinajstić information content (AvgIpc) is 3.65. The van der Waals surface area contributed by atoms with Crippen molar-refractivity contribution in [3.8, 4) is 5.75 Å². The van der Waals surface area contributed by atoms with Crippen LogP contribution in [0.25, 0.3) is 16.5 Å². The molecule has 0 unspecified atom stereocenters. The summed E-state index contributed by atoms with van der Waals surface area (Å²) in [7, 11) is 0. The van der Waals surface area contributed by atoms with E-state index >= 15 is 0 Å². The second kappa shape index (κ2) is 10.3. The van der Waals surface area contributed by atoms with Gasteiger partial charge in [0, 0.05) is 69.0 Å². The van der Waals surface area contributed by atoms with Crippen molar-refractivity contribution in [3.05, 3.63) is 48.8 Å². The van der Waals surface area contributed by atoms with Crippen LogP contribution in [-0.4, -0.2) is 75.6 Å². The Labute approximate surface area is 220 Å². The van der Waals surface area contributed by atoms with Gasteiger partial charge in [0.25, 0.3) is 5.91 Å². The van der Waals surface area contributed by atoms with Gasteiger partial charge in [0.1, 0.15) is 11.4 Å². The van der Waals surface area contributed by atoms with Crippen LogP contribution in [0, 0.1) is 5.92 Å². The van der Waals surface area contributed by atoms with E-state index < -0.39 is 11.6 Å². The molecule has 2 aromatic heterocycles. The highest BCUT2D eigenvalue weighted by molar-refractivity contribution is 6.24. The van der Waals surface area contributed by atoms with Gasteiger partial charge in [-0.15, -0.1) is 0 Å². The van der Waals surface area contributed by atoms with E-state index in [1.807, 2.05) is 23.0 Å². The van der Waals surface area contributed by atoms with E-state index in [1.54, 1.807) is 18.5 Å². The first kappa shape index (κ1) is 24.7. The number of hydrogen-bond acceptors (Lipinski definition) is 8. The molecular formula is C27H33FN8O2. The van der Waals surface area contributed by atoms with Crippen LogP contribution < -0.4 is 21.1 Å². The van der Waals surface area contributed by atoms with Crippen molar-refractivity contribution < 1.29 is 13.9 Å². The summed E-state index contributed by atoms with van der Waals surface area (Å²) in [5, 5.41) is 11.7. The average molecular weight is 521 g/mol. The number of benzene rings is 1. The third-order valence-electron chi connectivity index (χ3n) is 7.58. The summed E-state index contributed by atoms with van der Waals surface area (Å²) in [5.41, 5.74) is 6.21. The zero-order chi connectivity index (χ0) is 26.1. The van der Waals surface area contributed by atoms with Crippen molar-refractivity contribution in [2.45, 2.75) is 37.4 Å². The molecule has 200 valence electrons. The number of halogens is 1. The predicted octanol–water partition coefficient (Wildman–Crippen LogP) is 2.50. The van der Waals surface area contributed by atoms with Crippen LogP contribution in [0.3, 0.4) is 0 Å². The summed E-state index contributed by atoms with van der Waals surface area (Å²) in [6.45, 7) is 3.68. The molecule has 0 bridgehead atoms. The maximum absolute atomic E-state index is 14.5. The lowest BCUT2D eigenvalue weighted by atomic mass is 9.96. The second-order valence-electron chi connectivity index (χ2n) is 10.6. The van der Waals surface area contributed by atoms with Crippen molar-refractivity contribution in [2.24, 2.45) is 11.7 Å². The van der Waals surface area contributed by atoms with Crippen LogP contribution in [0.4, 0.5) is 10.1 Å². The number of fused-ring (bicyclic) bond motifs is 1. The molecule has 0 atom stereocenters. The molecule has 1 amide bonds. The first-order chi connectivity index (χ1) is 18.5. The quantitative estimate of drug-likeness (QED) is 0.368. The largest absolute Gasteiger partial charge is 0.491 e. The number of ether oxygens (including phenoxy) is 1. The highest BCUT2D eigenvalue weighted by Crippen LogP contribution is 2.35. The molecule has 38 heavy (non-hydrogen) atoms. The van der Waals surface area contributed by atoms with E-state index in [1.165, 1.54) is 6.20 Å². The molecule has 11 heteroatoms. The minimum Gasteiger partial charge on any atom is -0.491 e. The SMILES string of the molecule is NC=C(C(=O)Nc1cc2cn(C3CCN(CC4(F)CNC4)CC3)nc2cc1OCC1CC1)c1ncccn1. The van der Waals surface area contributed by atoms with Crippen molar-refractivity contribution in [1.29, 1.82) is 0 Å². The Kier molecular flexibility index (Phi) is 6.71. The molecule has 0 radical (unpaired) electrons. The monoisotopic (exact) mass is 520 g/mol. The van der Waals surface area contributed by atoms with Gasteiger partial charge in [0.15, 0.2) is 5.82 Å². The Morgan fingerprint density at radius 2 is 1.97 bits per heavy atom.